The third-order valence-corrected chi connectivity index (χ3v) is 6.36. The Balaban J connectivity index is 1.38. The van der Waals surface area contributed by atoms with Gasteiger partial charge in [-0.1, -0.05) is 48.5 Å². The lowest BCUT2D eigenvalue weighted by Gasteiger charge is -2.08. The van der Waals surface area contributed by atoms with Gasteiger partial charge in [-0.2, -0.15) is 0 Å². The van der Waals surface area contributed by atoms with Crippen LogP contribution >= 0.6 is 0 Å². The summed E-state index contributed by atoms with van der Waals surface area (Å²) in [5.74, 6) is -0.258. The SMILES string of the molecule is CCOC(=O)c1c(-c2ccccc2)oc2ccc(OCC(=O)Nc3c(C)n(C)n(-c4ccccc4)c3=O)cc12. The van der Waals surface area contributed by atoms with E-state index in [1.54, 1.807) is 43.8 Å². The maximum Gasteiger partial charge on any atom is 0.342 e. The summed E-state index contributed by atoms with van der Waals surface area (Å²) in [6, 6.07) is 23.4. The highest BCUT2D eigenvalue weighted by Crippen LogP contribution is 2.36. The zero-order chi connectivity index (χ0) is 27.5. The zero-order valence-corrected chi connectivity index (χ0v) is 21.8. The summed E-state index contributed by atoms with van der Waals surface area (Å²) in [5, 5.41) is 3.19. The Kier molecular flexibility index (Phi) is 7.05. The molecule has 5 rings (SSSR count). The van der Waals surface area contributed by atoms with Gasteiger partial charge in [0.1, 0.15) is 28.3 Å². The van der Waals surface area contributed by atoms with Crippen molar-refractivity contribution in [3.8, 4) is 22.8 Å². The van der Waals surface area contributed by atoms with Gasteiger partial charge in [-0.05, 0) is 44.2 Å². The number of amides is 1. The van der Waals surface area contributed by atoms with Crippen LogP contribution < -0.4 is 15.6 Å². The lowest BCUT2D eigenvalue weighted by Crippen LogP contribution is -2.25. The molecule has 0 atom stereocenters. The molecule has 39 heavy (non-hydrogen) atoms. The van der Waals surface area contributed by atoms with Crippen LogP contribution in [0.1, 0.15) is 23.0 Å². The van der Waals surface area contributed by atoms with Gasteiger partial charge in [-0.3, -0.25) is 14.3 Å². The molecular weight excluding hydrogens is 498 g/mol. The normalized spacial score (nSPS) is 10.9. The number of ether oxygens (including phenoxy) is 2. The lowest BCUT2D eigenvalue weighted by molar-refractivity contribution is -0.118. The maximum absolute atomic E-state index is 13.1. The number of fused-ring (bicyclic) bond motifs is 1. The van der Waals surface area contributed by atoms with Crippen molar-refractivity contribution in [2.75, 3.05) is 18.5 Å². The Morgan fingerprint density at radius 3 is 2.36 bits per heavy atom. The number of rotatable bonds is 8. The summed E-state index contributed by atoms with van der Waals surface area (Å²) in [5.41, 5.74) is 2.62. The molecule has 3 aromatic carbocycles. The summed E-state index contributed by atoms with van der Waals surface area (Å²) in [4.78, 5) is 38.7. The predicted octanol–water partition coefficient (Wildman–Crippen LogP) is 5.09. The summed E-state index contributed by atoms with van der Waals surface area (Å²) in [6.45, 7) is 3.35. The van der Waals surface area contributed by atoms with Gasteiger partial charge in [0, 0.05) is 18.0 Å². The van der Waals surface area contributed by atoms with Crippen molar-refractivity contribution in [1.29, 1.82) is 0 Å². The van der Waals surface area contributed by atoms with Gasteiger partial charge in [0.2, 0.25) is 0 Å². The van der Waals surface area contributed by atoms with E-state index in [-0.39, 0.29) is 30.0 Å². The Labute approximate surface area is 224 Å². The van der Waals surface area contributed by atoms with Crippen LogP contribution in [0, 0.1) is 6.92 Å². The highest BCUT2D eigenvalue weighted by Gasteiger charge is 2.24. The van der Waals surface area contributed by atoms with Crippen LogP contribution in [0.25, 0.3) is 28.0 Å². The number of para-hydroxylation sites is 1. The van der Waals surface area contributed by atoms with Crippen LogP contribution in [0.4, 0.5) is 5.69 Å². The molecule has 2 heterocycles. The van der Waals surface area contributed by atoms with E-state index < -0.39 is 11.9 Å². The lowest BCUT2D eigenvalue weighted by atomic mass is 10.1. The average molecular weight is 526 g/mol. The monoisotopic (exact) mass is 525 g/mol. The van der Waals surface area contributed by atoms with E-state index in [9.17, 15) is 14.4 Å². The molecule has 0 aliphatic rings. The van der Waals surface area contributed by atoms with Crippen molar-refractivity contribution >= 4 is 28.5 Å². The van der Waals surface area contributed by atoms with Crippen molar-refractivity contribution in [1.82, 2.24) is 9.36 Å². The quantitative estimate of drug-likeness (QED) is 0.283. The Hall–Kier alpha value is -5.05. The first-order chi connectivity index (χ1) is 18.9. The van der Waals surface area contributed by atoms with Crippen LogP contribution in [0.5, 0.6) is 5.75 Å². The third kappa shape index (κ3) is 4.94. The topological polar surface area (TPSA) is 105 Å². The second-order valence-corrected chi connectivity index (χ2v) is 8.82. The minimum absolute atomic E-state index is 0.178. The summed E-state index contributed by atoms with van der Waals surface area (Å²) >= 11 is 0. The van der Waals surface area contributed by atoms with Crippen LogP contribution in [0.2, 0.25) is 0 Å². The molecule has 198 valence electrons. The summed E-state index contributed by atoms with van der Waals surface area (Å²) in [7, 11) is 1.75. The molecule has 0 saturated carbocycles. The molecule has 0 bridgehead atoms. The van der Waals surface area contributed by atoms with Crippen molar-refractivity contribution in [3.63, 3.8) is 0 Å². The number of hydrogen-bond acceptors (Lipinski definition) is 6. The number of esters is 1. The van der Waals surface area contributed by atoms with Gasteiger partial charge in [0.05, 0.1) is 18.0 Å². The molecule has 1 amide bonds. The van der Waals surface area contributed by atoms with Crippen molar-refractivity contribution in [2.24, 2.45) is 7.05 Å². The van der Waals surface area contributed by atoms with Crippen molar-refractivity contribution < 1.29 is 23.5 Å². The molecule has 0 spiro atoms. The van der Waals surface area contributed by atoms with E-state index in [2.05, 4.69) is 5.32 Å². The highest BCUT2D eigenvalue weighted by molar-refractivity contribution is 6.09. The van der Waals surface area contributed by atoms with Crippen molar-refractivity contribution in [2.45, 2.75) is 13.8 Å². The van der Waals surface area contributed by atoms with Gasteiger partial charge in [0.15, 0.2) is 6.61 Å². The molecule has 5 aromatic rings. The number of nitrogens with one attached hydrogen (secondary N) is 1. The number of carbonyl (C=O) groups is 2. The fourth-order valence-corrected chi connectivity index (χ4v) is 4.40. The number of benzene rings is 3. The van der Waals surface area contributed by atoms with Crippen LogP contribution in [-0.2, 0) is 16.6 Å². The van der Waals surface area contributed by atoms with E-state index in [0.29, 0.717) is 33.9 Å². The first-order valence-corrected chi connectivity index (χ1v) is 12.4. The molecule has 0 unspecified atom stereocenters. The second-order valence-electron chi connectivity index (χ2n) is 8.82. The van der Waals surface area contributed by atoms with Crippen LogP contribution in [0.15, 0.2) is 88.1 Å². The summed E-state index contributed by atoms with van der Waals surface area (Å²) in [6.07, 6.45) is 0. The van der Waals surface area contributed by atoms with E-state index in [4.69, 9.17) is 13.9 Å². The van der Waals surface area contributed by atoms with Gasteiger partial charge < -0.3 is 19.2 Å². The molecule has 9 nitrogen and oxygen atoms in total. The van der Waals surface area contributed by atoms with Gasteiger partial charge in [0.25, 0.3) is 11.5 Å². The van der Waals surface area contributed by atoms with Gasteiger partial charge in [-0.25, -0.2) is 9.48 Å². The molecule has 0 saturated heterocycles. The van der Waals surface area contributed by atoms with E-state index in [1.165, 1.54) is 4.68 Å². The smallest absolute Gasteiger partial charge is 0.342 e. The molecular formula is C30H27N3O6. The molecule has 0 aliphatic heterocycles. The molecule has 0 fully saturated rings. The molecule has 1 N–H and O–H groups in total. The fraction of sp³-hybridized carbons (Fsp3) is 0.167. The van der Waals surface area contributed by atoms with Crippen LogP contribution in [-0.4, -0.2) is 34.5 Å². The first-order valence-electron chi connectivity index (χ1n) is 12.4. The maximum atomic E-state index is 13.1. The number of nitrogens with zero attached hydrogens (tertiary/aromatic N) is 2. The van der Waals surface area contributed by atoms with Crippen LogP contribution in [0.3, 0.4) is 0 Å². The summed E-state index contributed by atoms with van der Waals surface area (Å²) < 4.78 is 20.2. The standard InChI is InChI=1S/C30H27N3O6/c1-4-37-30(36)26-23-17-22(15-16-24(23)39-28(26)20-11-7-5-8-12-20)38-18-25(34)31-27-19(2)32(3)33(29(27)35)21-13-9-6-10-14-21/h5-17H,4,18H2,1-3H3,(H,31,34). The largest absolute Gasteiger partial charge is 0.484 e. The second kappa shape index (κ2) is 10.7. The number of carbonyl (C=O) groups excluding carboxylic acids is 2. The Bertz CT molecular complexity index is 1710. The highest BCUT2D eigenvalue weighted by atomic mass is 16.5. The number of furan rings is 1. The average Bonchev–Trinajstić information content (AvgIpc) is 3.43. The van der Waals surface area contributed by atoms with Crippen molar-refractivity contribution in [3.05, 3.63) is 100 Å². The van der Waals surface area contributed by atoms with E-state index >= 15 is 0 Å². The first kappa shape index (κ1) is 25.6. The van der Waals surface area contributed by atoms with Gasteiger partial charge >= 0.3 is 5.97 Å². The van der Waals surface area contributed by atoms with E-state index in [1.807, 2.05) is 60.7 Å². The molecule has 2 aromatic heterocycles. The molecule has 0 radical (unpaired) electrons. The predicted molar refractivity (Wildman–Crippen MR) is 147 cm³/mol. The minimum Gasteiger partial charge on any atom is -0.484 e. The minimum atomic E-state index is -0.515. The number of aromatic nitrogens is 2. The zero-order valence-electron chi connectivity index (χ0n) is 21.8. The molecule has 9 heteroatoms. The third-order valence-electron chi connectivity index (χ3n) is 6.36. The van der Waals surface area contributed by atoms with E-state index in [0.717, 1.165) is 5.56 Å². The Morgan fingerprint density at radius 2 is 1.67 bits per heavy atom. The van der Waals surface area contributed by atoms with Gasteiger partial charge in [-0.15, -0.1) is 0 Å². The number of anilines is 1. The number of hydrogen-bond donors (Lipinski definition) is 1. The molecule has 0 aliphatic carbocycles. The fourth-order valence-electron chi connectivity index (χ4n) is 4.40. The Morgan fingerprint density at radius 1 is 0.974 bits per heavy atom.